The molecule has 0 fully saturated rings. The minimum Gasteiger partial charge on any atom is -0.308 e. The minimum atomic E-state index is -4.66. The number of anilines is 2. The standard InChI is InChI=1S/C21H15ClF3N5O3S/c22-18-6-5-14(9-17(18)21(23,24)25)29-20(31)28-13-3-1-12(2-4-13)16-11-30(34(26,32)33)19-7-8-27-10-15(16)19/h1-11H,(H2,26,32,33)(H2,28,29,31). The maximum absolute atomic E-state index is 13.0. The molecule has 13 heteroatoms. The Kier molecular flexibility index (Phi) is 5.98. The van der Waals surface area contributed by atoms with Gasteiger partial charge in [-0.15, -0.1) is 0 Å². The van der Waals surface area contributed by atoms with Crippen molar-refractivity contribution in [3.8, 4) is 11.1 Å². The van der Waals surface area contributed by atoms with Crippen LogP contribution >= 0.6 is 11.6 Å². The number of urea groups is 1. The molecule has 0 saturated heterocycles. The molecule has 0 atom stereocenters. The Balaban J connectivity index is 1.54. The van der Waals surface area contributed by atoms with Gasteiger partial charge in [0.15, 0.2) is 0 Å². The van der Waals surface area contributed by atoms with Crippen LogP contribution in [0.5, 0.6) is 0 Å². The second kappa shape index (κ2) is 8.63. The van der Waals surface area contributed by atoms with Crippen LogP contribution in [-0.2, 0) is 16.4 Å². The van der Waals surface area contributed by atoms with Gasteiger partial charge in [-0.05, 0) is 42.0 Å². The summed E-state index contributed by atoms with van der Waals surface area (Å²) < 4.78 is 63.7. The lowest BCUT2D eigenvalue weighted by molar-refractivity contribution is -0.137. The van der Waals surface area contributed by atoms with E-state index in [1.54, 1.807) is 24.3 Å². The third-order valence-corrected chi connectivity index (χ3v) is 6.01. The largest absolute Gasteiger partial charge is 0.417 e. The molecule has 0 spiro atoms. The van der Waals surface area contributed by atoms with Gasteiger partial charge in [0.05, 0.1) is 16.1 Å². The lowest BCUT2D eigenvalue weighted by Gasteiger charge is -2.12. The second-order valence-electron chi connectivity index (χ2n) is 7.13. The average Bonchev–Trinajstić information content (AvgIpc) is 3.15. The van der Waals surface area contributed by atoms with Gasteiger partial charge < -0.3 is 10.6 Å². The first-order valence-electron chi connectivity index (χ1n) is 9.47. The molecular weight excluding hydrogens is 495 g/mol. The maximum Gasteiger partial charge on any atom is 0.417 e. The van der Waals surface area contributed by atoms with Gasteiger partial charge in [0.2, 0.25) is 0 Å². The molecule has 0 unspecified atom stereocenters. The smallest absolute Gasteiger partial charge is 0.308 e. The normalized spacial score (nSPS) is 12.0. The van der Waals surface area contributed by atoms with E-state index >= 15 is 0 Å². The molecule has 2 heterocycles. The van der Waals surface area contributed by atoms with Gasteiger partial charge in [0, 0.05) is 40.9 Å². The zero-order valence-electron chi connectivity index (χ0n) is 17.0. The number of aromatic nitrogens is 2. The molecule has 4 rings (SSSR count). The molecule has 0 bridgehead atoms. The van der Waals surface area contributed by atoms with Crippen LogP contribution < -0.4 is 15.8 Å². The molecule has 2 amide bonds. The molecule has 0 saturated carbocycles. The number of nitrogens with one attached hydrogen (secondary N) is 2. The van der Waals surface area contributed by atoms with E-state index in [4.69, 9.17) is 16.7 Å². The highest BCUT2D eigenvalue weighted by Gasteiger charge is 2.33. The van der Waals surface area contributed by atoms with Crippen molar-refractivity contribution in [1.29, 1.82) is 0 Å². The summed E-state index contributed by atoms with van der Waals surface area (Å²) in [6, 6.07) is 10.1. The molecule has 0 aliphatic carbocycles. The van der Waals surface area contributed by atoms with Crippen LogP contribution in [0.15, 0.2) is 67.1 Å². The van der Waals surface area contributed by atoms with Crippen molar-refractivity contribution in [2.24, 2.45) is 5.14 Å². The number of halogens is 4. The van der Waals surface area contributed by atoms with E-state index in [-0.39, 0.29) is 5.69 Å². The first kappa shape index (κ1) is 23.5. The van der Waals surface area contributed by atoms with Crippen molar-refractivity contribution in [2.75, 3.05) is 10.6 Å². The molecule has 8 nitrogen and oxygen atoms in total. The van der Waals surface area contributed by atoms with Crippen LogP contribution in [0.1, 0.15) is 5.56 Å². The molecule has 0 aliphatic heterocycles. The zero-order chi connectivity index (χ0) is 24.7. The zero-order valence-corrected chi connectivity index (χ0v) is 18.5. The summed E-state index contributed by atoms with van der Waals surface area (Å²) >= 11 is 5.58. The quantitative estimate of drug-likeness (QED) is 0.356. The van der Waals surface area contributed by atoms with Gasteiger partial charge in [0.25, 0.3) is 0 Å². The number of amides is 2. The van der Waals surface area contributed by atoms with Crippen LogP contribution in [0, 0.1) is 0 Å². The Bertz CT molecular complexity index is 1500. The van der Waals surface area contributed by atoms with E-state index in [9.17, 15) is 26.4 Å². The molecule has 4 aromatic rings. The SMILES string of the molecule is NS(=O)(=O)n1cc(-c2ccc(NC(=O)Nc3ccc(Cl)c(C(F)(F)F)c3)cc2)c2cnccc21. The van der Waals surface area contributed by atoms with Gasteiger partial charge in [-0.3, -0.25) is 4.98 Å². The number of nitrogens with two attached hydrogens (primary N) is 1. The van der Waals surface area contributed by atoms with Crippen molar-refractivity contribution in [2.45, 2.75) is 6.18 Å². The van der Waals surface area contributed by atoms with E-state index in [0.717, 1.165) is 16.1 Å². The summed E-state index contributed by atoms with van der Waals surface area (Å²) in [4.78, 5) is 16.3. The van der Waals surface area contributed by atoms with Crippen LogP contribution in [-0.4, -0.2) is 23.4 Å². The topological polar surface area (TPSA) is 119 Å². The van der Waals surface area contributed by atoms with E-state index in [1.165, 1.54) is 30.7 Å². The Morgan fingerprint density at radius 3 is 2.32 bits per heavy atom. The molecule has 34 heavy (non-hydrogen) atoms. The number of hydrogen-bond acceptors (Lipinski definition) is 4. The van der Waals surface area contributed by atoms with Gasteiger partial charge >= 0.3 is 22.4 Å². The number of rotatable bonds is 4. The molecule has 4 N–H and O–H groups in total. The molecule has 0 aliphatic rings. The van der Waals surface area contributed by atoms with Crippen molar-refractivity contribution < 1.29 is 26.4 Å². The predicted molar refractivity (Wildman–Crippen MR) is 123 cm³/mol. The summed E-state index contributed by atoms with van der Waals surface area (Å²) in [5, 5.41) is 10.2. The number of pyridine rings is 1. The van der Waals surface area contributed by atoms with E-state index in [0.29, 0.717) is 27.7 Å². The fraction of sp³-hybridized carbons (Fsp3) is 0.0476. The lowest BCUT2D eigenvalue weighted by Crippen LogP contribution is -2.20. The summed E-state index contributed by atoms with van der Waals surface area (Å²) in [5.74, 6) is 0. The van der Waals surface area contributed by atoms with Crippen molar-refractivity contribution in [3.05, 3.63) is 77.7 Å². The summed E-state index contributed by atoms with van der Waals surface area (Å²) in [7, 11) is -4.04. The fourth-order valence-electron chi connectivity index (χ4n) is 3.33. The molecule has 176 valence electrons. The number of alkyl halides is 3. The highest BCUT2D eigenvalue weighted by atomic mass is 35.5. The van der Waals surface area contributed by atoms with Crippen LogP contribution in [0.2, 0.25) is 5.02 Å². The van der Waals surface area contributed by atoms with Crippen molar-refractivity contribution >= 4 is 50.1 Å². The van der Waals surface area contributed by atoms with Crippen molar-refractivity contribution in [3.63, 3.8) is 0 Å². The number of hydrogen-bond donors (Lipinski definition) is 3. The summed E-state index contributed by atoms with van der Waals surface area (Å²) in [6.07, 6.45) is -0.344. The summed E-state index contributed by atoms with van der Waals surface area (Å²) in [6.45, 7) is 0. The third kappa shape index (κ3) is 4.83. The number of nitrogens with zero attached hydrogens (tertiary/aromatic N) is 2. The Morgan fingerprint density at radius 1 is 1.03 bits per heavy atom. The molecule has 2 aromatic heterocycles. The second-order valence-corrected chi connectivity index (χ2v) is 8.96. The van der Waals surface area contributed by atoms with Crippen LogP contribution in [0.4, 0.5) is 29.3 Å². The van der Waals surface area contributed by atoms with E-state index in [1.807, 2.05) is 0 Å². The molecule has 0 radical (unpaired) electrons. The van der Waals surface area contributed by atoms with Crippen molar-refractivity contribution in [1.82, 2.24) is 8.96 Å². The molecule has 2 aromatic carbocycles. The predicted octanol–water partition coefficient (Wildman–Crippen LogP) is 5.07. The van der Waals surface area contributed by atoms with Gasteiger partial charge in [-0.25, -0.2) is 13.9 Å². The number of carbonyl (C=O) groups is 1. The first-order valence-corrected chi connectivity index (χ1v) is 11.3. The Hall–Kier alpha value is -3.61. The molecular formula is C21H15ClF3N5O3S. The monoisotopic (exact) mass is 509 g/mol. The van der Waals surface area contributed by atoms with Gasteiger partial charge in [0.1, 0.15) is 0 Å². The maximum atomic E-state index is 13.0. The van der Waals surface area contributed by atoms with Gasteiger partial charge in [-0.2, -0.15) is 21.6 Å². The third-order valence-electron chi connectivity index (χ3n) is 4.83. The summed E-state index contributed by atoms with van der Waals surface area (Å²) in [5.41, 5.74) is 0.723. The first-order chi connectivity index (χ1) is 15.9. The Morgan fingerprint density at radius 2 is 1.68 bits per heavy atom. The van der Waals surface area contributed by atoms with Crippen LogP contribution in [0.25, 0.3) is 22.0 Å². The number of benzene rings is 2. The van der Waals surface area contributed by atoms with E-state index in [2.05, 4.69) is 15.6 Å². The minimum absolute atomic E-state index is 0.0888. The number of carbonyl (C=O) groups excluding carboxylic acids is 1. The fourth-order valence-corrected chi connectivity index (χ4v) is 4.24. The van der Waals surface area contributed by atoms with Crippen LogP contribution in [0.3, 0.4) is 0 Å². The highest BCUT2D eigenvalue weighted by Crippen LogP contribution is 2.36. The average molecular weight is 510 g/mol. The highest BCUT2D eigenvalue weighted by molar-refractivity contribution is 7.87. The lowest BCUT2D eigenvalue weighted by atomic mass is 10.1. The number of fused-ring (bicyclic) bond motifs is 1. The Labute approximate surface area is 196 Å². The van der Waals surface area contributed by atoms with Gasteiger partial charge in [-0.1, -0.05) is 23.7 Å². The van der Waals surface area contributed by atoms with E-state index < -0.39 is 33.0 Å².